The summed E-state index contributed by atoms with van der Waals surface area (Å²) in [5.41, 5.74) is 2.95. The Hall–Kier alpha value is -2.63. The quantitative estimate of drug-likeness (QED) is 0.833. The van der Waals surface area contributed by atoms with Crippen LogP contribution in [0, 0.1) is 13.8 Å². The Kier molecular flexibility index (Phi) is 5.94. The summed E-state index contributed by atoms with van der Waals surface area (Å²) in [7, 11) is 0. The number of benzene rings is 1. The lowest BCUT2D eigenvalue weighted by atomic mass is 10.1. The van der Waals surface area contributed by atoms with Crippen LogP contribution < -0.4 is 10.5 Å². The number of hydrogen-bond acceptors (Lipinski definition) is 4. The van der Waals surface area contributed by atoms with Crippen molar-refractivity contribution in [1.82, 2.24) is 14.7 Å². The molecule has 0 unspecified atom stereocenters. The third-order valence-corrected chi connectivity index (χ3v) is 5.16. The van der Waals surface area contributed by atoms with Crippen LogP contribution in [0.5, 0.6) is 0 Å². The molecule has 3 rings (SSSR count). The first kappa shape index (κ1) is 19.1. The molecule has 1 amide bonds. The molecular weight excluding hydrogens is 340 g/mol. The van der Waals surface area contributed by atoms with E-state index in [4.69, 9.17) is 0 Å². The molecule has 0 N–H and O–H groups in total. The summed E-state index contributed by atoms with van der Waals surface area (Å²) in [5.74, 6) is 1.00. The van der Waals surface area contributed by atoms with E-state index in [0.717, 1.165) is 49.5 Å². The van der Waals surface area contributed by atoms with Crippen LogP contribution in [-0.4, -0.2) is 46.8 Å². The second-order valence-electron chi connectivity index (χ2n) is 7.18. The predicted molar refractivity (Wildman–Crippen MR) is 108 cm³/mol. The molecule has 6 nitrogen and oxygen atoms in total. The van der Waals surface area contributed by atoms with Crippen LogP contribution in [0.3, 0.4) is 0 Å². The lowest BCUT2D eigenvalue weighted by Gasteiger charge is -2.23. The minimum Gasteiger partial charge on any atom is -0.353 e. The summed E-state index contributed by atoms with van der Waals surface area (Å²) in [6, 6.07) is 9.27. The fourth-order valence-corrected chi connectivity index (χ4v) is 3.38. The van der Waals surface area contributed by atoms with Gasteiger partial charge in [0.1, 0.15) is 5.82 Å². The van der Waals surface area contributed by atoms with Crippen LogP contribution in [0.4, 0.5) is 5.82 Å². The van der Waals surface area contributed by atoms with Gasteiger partial charge in [-0.15, -0.1) is 5.10 Å². The number of rotatable bonds is 4. The lowest BCUT2D eigenvalue weighted by Crippen LogP contribution is -2.35. The van der Waals surface area contributed by atoms with Gasteiger partial charge in [0, 0.05) is 38.7 Å². The minimum atomic E-state index is -0.142. The molecule has 0 bridgehead atoms. The largest absolute Gasteiger partial charge is 0.353 e. The fraction of sp³-hybridized carbons (Fsp3) is 0.476. The number of hydrogen-bond donors (Lipinski definition) is 0. The first-order chi connectivity index (χ1) is 13.0. The smallest absolute Gasteiger partial charge is 0.271 e. The summed E-state index contributed by atoms with van der Waals surface area (Å²) >= 11 is 0. The van der Waals surface area contributed by atoms with Gasteiger partial charge in [0.15, 0.2) is 0 Å². The van der Waals surface area contributed by atoms with Gasteiger partial charge in [0.2, 0.25) is 5.91 Å². The van der Waals surface area contributed by atoms with E-state index < -0.39 is 0 Å². The van der Waals surface area contributed by atoms with Gasteiger partial charge in [-0.05, 0) is 56.0 Å². The highest BCUT2D eigenvalue weighted by atomic mass is 16.2. The molecule has 0 spiro atoms. The summed E-state index contributed by atoms with van der Waals surface area (Å²) in [6.45, 7) is 9.15. The Morgan fingerprint density at radius 1 is 1.04 bits per heavy atom. The zero-order valence-corrected chi connectivity index (χ0v) is 16.4. The van der Waals surface area contributed by atoms with E-state index >= 15 is 0 Å². The van der Waals surface area contributed by atoms with Crippen LogP contribution in [0.25, 0.3) is 5.69 Å². The lowest BCUT2D eigenvalue weighted by molar-refractivity contribution is -0.131. The standard InChI is InChI=1S/C21H28N4O2/c1-4-6-20(26)24-12-5-11-23(13-14-24)19-9-10-21(27)25(22-19)18-8-7-16(2)17(3)15-18/h7-10,15H,4-6,11-14H2,1-3H3. The SMILES string of the molecule is CCCC(=O)N1CCCN(c2ccc(=O)n(-c3ccc(C)c(C)c3)n2)CC1. The normalized spacial score (nSPS) is 14.9. The van der Waals surface area contributed by atoms with Crippen molar-refractivity contribution in [1.29, 1.82) is 0 Å². The molecule has 0 aliphatic carbocycles. The Bertz CT molecular complexity index is 875. The van der Waals surface area contributed by atoms with Crippen molar-refractivity contribution in [3.8, 4) is 5.69 Å². The highest BCUT2D eigenvalue weighted by molar-refractivity contribution is 5.76. The predicted octanol–water partition coefficient (Wildman–Crippen LogP) is 2.69. The number of aromatic nitrogens is 2. The van der Waals surface area contributed by atoms with Gasteiger partial charge in [-0.1, -0.05) is 13.0 Å². The average Bonchev–Trinajstić information content (AvgIpc) is 2.91. The highest BCUT2D eigenvalue weighted by Gasteiger charge is 2.20. The monoisotopic (exact) mass is 368 g/mol. The van der Waals surface area contributed by atoms with E-state index in [1.165, 1.54) is 10.2 Å². The van der Waals surface area contributed by atoms with E-state index in [9.17, 15) is 9.59 Å². The molecule has 1 aliphatic rings. The van der Waals surface area contributed by atoms with Gasteiger partial charge in [0.25, 0.3) is 5.56 Å². The van der Waals surface area contributed by atoms with Gasteiger partial charge in [-0.25, -0.2) is 0 Å². The van der Waals surface area contributed by atoms with Crippen LogP contribution in [0.1, 0.15) is 37.3 Å². The number of carbonyl (C=O) groups is 1. The van der Waals surface area contributed by atoms with Crippen molar-refractivity contribution in [3.63, 3.8) is 0 Å². The van der Waals surface area contributed by atoms with Crippen molar-refractivity contribution in [2.45, 2.75) is 40.0 Å². The van der Waals surface area contributed by atoms with Crippen molar-refractivity contribution in [3.05, 3.63) is 51.8 Å². The summed E-state index contributed by atoms with van der Waals surface area (Å²) < 4.78 is 1.46. The van der Waals surface area contributed by atoms with Crippen LogP contribution >= 0.6 is 0 Å². The van der Waals surface area contributed by atoms with Gasteiger partial charge in [0.05, 0.1) is 5.69 Å². The minimum absolute atomic E-state index is 0.142. The van der Waals surface area contributed by atoms with Crippen LogP contribution in [-0.2, 0) is 4.79 Å². The molecule has 2 heterocycles. The van der Waals surface area contributed by atoms with E-state index in [-0.39, 0.29) is 11.5 Å². The first-order valence-corrected chi connectivity index (χ1v) is 9.70. The van der Waals surface area contributed by atoms with Crippen LogP contribution in [0.2, 0.25) is 0 Å². The Balaban J connectivity index is 1.82. The van der Waals surface area contributed by atoms with E-state index in [1.807, 2.05) is 36.9 Å². The average molecular weight is 368 g/mol. The molecule has 0 radical (unpaired) electrons. The summed E-state index contributed by atoms with van der Waals surface area (Å²) in [5, 5.41) is 4.61. The molecule has 2 aromatic rings. The van der Waals surface area contributed by atoms with Gasteiger partial charge in [-0.2, -0.15) is 4.68 Å². The number of aryl methyl sites for hydroxylation is 2. The Morgan fingerprint density at radius 2 is 1.85 bits per heavy atom. The van der Waals surface area contributed by atoms with Crippen molar-refractivity contribution in [2.75, 3.05) is 31.1 Å². The molecule has 1 aliphatic heterocycles. The van der Waals surface area contributed by atoms with Gasteiger partial charge < -0.3 is 9.80 Å². The first-order valence-electron chi connectivity index (χ1n) is 9.70. The zero-order valence-electron chi connectivity index (χ0n) is 16.4. The Labute approximate surface area is 160 Å². The maximum absolute atomic E-state index is 12.4. The molecule has 1 saturated heterocycles. The molecule has 1 fully saturated rings. The molecule has 144 valence electrons. The molecule has 0 atom stereocenters. The number of anilines is 1. The van der Waals surface area contributed by atoms with E-state index in [2.05, 4.69) is 16.9 Å². The van der Waals surface area contributed by atoms with Crippen molar-refractivity contribution >= 4 is 11.7 Å². The van der Waals surface area contributed by atoms with E-state index in [1.54, 1.807) is 12.1 Å². The molecular formula is C21H28N4O2. The number of nitrogens with zero attached hydrogens (tertiary/aromatic N) is 4. The van der Waals surface area contributed by atoms with Gasteiger partial charge in [-0.3, -0.25) is 9.59 Å². The fourth-order valence-electron chi connectivity index (χ4n) is 3.38. The zero-order chi connectivity index (χ0) is 19.4. The van der Waals surface area contributed by atoms with Crippen molar-refractivity contribution < 1.29 is 4.79 Å². The molecule has 1 aromatic carbocycles. The third-order valence-electron chi connectivity index (χ3n) is 5.16. The third kappa shape index (κ3) is 4.38. The molecule has 1 aromatic heterocycles. The summed E-state index contributed by atoms with van der Waals surface area (Å²) in [6.07, 6.45) is 2.39. The number of amides is 1. The molecule has 6 heteroatoms. The second kappa shape index (κ2) is 8.37. The topological polar surface area (TPSA) is 58.4 Å². The maximum Gasteiger partial charge on any atom is 0.271 e. The summed E-state index contributed by atoms with van der Waals surface area (Å²) in [4.78, 5) is 28.7. The van der Waals surface area contributed by atoms with Crippen molar-refractivity contribution in [2.24, 2.45) is 0 Å². The second-order valence-corrected chi connectivity index (χ2v) is 7.18. The molecule has 0 saturated carbocycles. The number of carbonyl (C=O) groups excluding carboxylic acids is 1. The Morgan fingerprint density at radius 3 is 2.59 bits per heavy atom. The van der Waals surface area contributed by atoms with Gasteiger partial charge >= 0.3 is 0 Å². The molecule has 27 heavy (non-hydrogen) atoms. The highest BCUT2D eigenvalue weighted by Crippen LogP contribution is 2.16. The van der Waals surface area contributed by atoms with E-state index in [0.29, 0.717) is 13.0 Å². The van der Waals surface area contributed by atoms with Crippen LogP contribution in [0.15, 0.2) is 35.1 Å². The maximum atomic E-state index is 12.4.